The van der Waals surface area contributed by atoms with Crippen LogP contribution in [0, 0.1) is 11.8 Å². The van der Waals surface area contributed by atoms with Gasteiger partial charge in [0.25, 0.3) is 17.7 Å². The van der Waals surface area contributed by atoms with E-state index in [1.54, 1.807) is 31.2 Å². The van der Waals surface area contributed by atoms with Crippen LogP contribution >= 0.6 is 0 Å². The van der Waals surface area contributed by atoms with Gasteiger partial charge in [-0.05, 0) is 93.7 Å². The third-order valence-electron chi connectivity index (χ3n) is 12.5. The van der Waals surface area contributed by atoms with Crippen molar-refractivity contribution in [3.63, 3.8) is 0 Å². The molecule has 76 heavy (non-hydrogen) atoms. The second-order valence-corrected chi connectivity index (χ2v) is 18.9. The van der Waals surface area contributed by atoms with Crippen LogP contribution in [0.2, 0.25) is 0 Å². The zero-order valence-electron chi connectivity index (χ0n) is 43.2. The predicted molar refractivity (Wildman–Crippen MR) is 274 cm³/mol. The number of halogens is 3. The highest BCUT2D eigenvalue weighted by Crippen LogP contribution is 2.24. The van der Waals surface area contributed by atoms with E-state index >= 15 is 0 Å². The number of alkyl halides is 3. The molecule has 2 aromatic carbocycles. The molecule has 3 aromatic rings. The quantitative estimate of drug-likeness (QED) is 0.0333. The number of unbranched alkanes of at least 4 members (excludes halogenated alkanes) is 3. The van der Waals surface area contributed by atoms with Gasteiger partial charge in [0, 0.05) is 92.2 Å². The van der Waals surface area contributed by atoms with Crippen LogP contribution in [0.3, 0.4) is 0 Å². The fraction of sp³-hybridized carbons (Fsp3) is 0.455. The van der Waals surface area contributed by atoms with Gasteiger partial charge >= 0.3 is 6.18 Å². The van der Waals surface area contributed by atoms with Gasteiger partial charge < -0.3 is 41.4 Å². The van der Waals surface area contributed by atoms with Crippen LogP contribution in [-0.4, -0.2) is 114 Å². The number of hydrogen-bond acceptors (Lipinski definition) is 10. The number of nitrogens with one attached hydrogen (secondary N) is 5. The lowest BCUT2D eigenvalue weighted by atomic mass is 9.91. The molecular formula is C55H69F3N8O10. The van der Waals surface area contributed by atoms with Gasteiger partial charge in [0.05, 0.1) is 0 Å². The van der Waals surface area contributed by atoms with Crippen LogP contribution in [-0.2, 0) is 44.9 Å². The highest BCUT2D eigenvalue weighted by molar-refractivity contribution is 6.12. The number of imide groups is 1. The first-order valence-corrected chi connectivity index (χ1v) is 25.6. The molecule has 3 heterocycles. The molecule has 0 spiro atoms. The zero-order chi connectivity index (χ0) is 55.6. The van der Waals surface area contributed by atoms with E-state index in [1.807, 2.05) is 90.3 Å². The summed E-state index contributed by atoms with van der Waals surface area (Å²) in [4.78, 5) is 112. The van der Waals surface area contributed by atoms with Crippen molar-refractivity contribution in [1.29, 1.82) is 0 Å². The van der Waals surface area contributed by atoms with Crippen LogP contribution in [0.1, 0.15) is 113 Å². The number of carbonyl (C=O) groups is 9. The lowest BCUT2D eigenvalue weighted by molar-refractivity contribution is -0.688. The van der Waals surface area contributed by atoms with Crippen LogP contribution in [0.15, 0.2) is 97.4 Å². The summed E-state index contributed by atoms with van der Waals surface area (Å²) in [6.45, 7) is 8.53. The molecule has 8 amide bonds. The Kier molecular flexibility index (Phi) is 25.0. The second kappa shape index (κ2) is 31.2. The highest BCUT2D eigenvalue weighted by Gasteiger charge is 2.29. The molecule has 0 saturated carbocycles. The van der Waals surface area contributed by atoms with Crippen molar-refractivity contribution in [2.24, 2.45) is 11.8 Å². The molecule has 2 aliphatic rings. The number of nitrogens with zero attached hydrogens (tertiary/aromatic N) is 3. The summed E-state index contributed by atoms with van der Waals surface area (Å²) in [6, 6.07) is 19.2. The average molecular weight is 1060 g/mol. The molecule has 1 fully saturated rings. The van der Waals surface area contributed by atoms with Gasteiger partial charge in [-0.3, -0.25) is 43.3 Å². The number of hydrogen-bond donors (Lipinski definition) is 5. The number of carbonyl (C=O) groups excluding carboxylic acids is 9. The van der Waals surface area contributed by atoms with Gasteiger partial charge in [0.2, 0.25) is 29.5 Å². The molecule has 1 saturated heterocycles. The largest absolute Gasteiger partial charge is 0.542 e. The van der Waals surface area contributed by atoms with Gasteiger partial charge in [-0.1, -0.05) is 63.4 Å². The number of aromatic nitrogens is 1. The van der Waals surface area contributed by atoms with Crippen LogP contribution in [0.5, 0.6) is 0 Å². The van der Waals surface area contributed by atoms with E-state index in [-0.39, 0.29) is 72.6 Å². The average Bonchev–Trinajstić information content (AvgIpc) is 3.71. The molecule has 5 rings (SSSR count). The monoisotopic (exact) mass is 1060 g/mol. The molecule has 2 atom stereocenters. The smallest absolute Gasteiger partial charge is 0.430 e. The third kappa shape index (κ3) is 22.0. The van der Waals surface area contributed by atoms with Crippen molar-refractivity contribution in [1.82, 2.24) is 31.1 Å². The number of likely N-dealkylation sites (tertiary alicyclic amines) is 1. The lowest BCUT2D eigenvalue weighted by Crippen LogP contribution is -2.50. The Labute approximate surface area is 440 Å². The summed E-state index contributed by atoms with van der Waals surface area (Å²) in [5, 5.41) is 22.9. The number of piperidine rings is 1. The molecule has 5 N–H and O–H groups in total. The van der Waals surface area contributed by atoms with E-state index in [0.29, 0.717) is 56.9 Å². The first-order valence-electron chi connectivity index (χ1n) is 25.6. The van der Waals surface area contributed by atoms with E-state index in [9.17, 15) is 51.5 Å². The molecule has 21 heteroatoms. The third-order valence-corrected chi connectivity index (χ3v) is 12.5. The van der Waals surface area contributed by atoms with Gasteiger partial charge in [-0.25, -0.2) is 4.57 Å². The van der Waals surface area contributed by atoms with Crippen molar-refractivity contribution in [3.05, 3.63) is 114 Å². The minimum absolute atomic E-state index is 0.0844. The van der Waals surface area contributed by atoms with E-state index in [0.717, 1.165) is 61.9 Å². The molecule has 410 valence electrons. The van der Waals surface area contributed by atoms with Crippen molar-refractivity contribution < 1.29 is 66.0 Å². The molecule has 18 nitrogen and oxygen atoms in total. The van der Waals surface area contributed by atoms with E-state index in [2.05, 4.69) is 26.6 Å². The number of anilines is 1. The van der Waals surface area contributed by atoms with E-state index in [4.69, 9.17) is 9.90 Å². The number of amides is 8. The SMILES string of the molecule is CC(C)[C@H](NC(=O)CCCCCN1C(=O)C=CC1=O)C(=O)NCCCC(=O)N[C@@H](C)C(=O)Nc1ccc(C[n+]2cccc(/C=C/C(=O)NCCCCC3CCN(C(=O)c4ccccc4)CC3)c2)cc1.O=C([O-])C(F)(F)F. The molecule has 1 aromatic heterocycles. The second-order valence-electron chi connectivity index (χ2n) is 18.9. The number of carboxylic acid groups (broad SMARTS) is 1. The Bertz CT molecular complexity index is 2490. The normalized spacial score (nSPS) is 14.4. The molecule has 0 radical (unpaired) electrons. The van der Waals surface area contributed by atoms with Gasteiger partial charge in [0.15, 0.2) is 18.9 Å². The van der Waals surface area contributed by atoms with Crippen LogP contribution in [0.4, 0.5) is 18.9 Å². The van der Waals surface area contributed by atoms with Gasteiger partial charge in [0.1, 0.15) is 18.1 Å². The predicted octanol–water partition coefficient (Wildman–Crippen LogP) is 4.14. The Hall–Kier alpha value is -7.71. The van der Waals surface area contributed by atoms with Crippen LogP contribution in [0.25, 0.3) is 6.08 Å². The number of pyridine rings is 1. The molecule has 0 unspecified atom stereocenters. The minimum Gasteiger partial charge on any atom is -0.542 e. The van der Waals surface area contributed by atoms with Crippen molar-refractivity contribution in [3.8, 4) is 0 Å². The fourth-order valence-corrected chi connectivity index (χ4v) is 8.20. The van der Waals surface area contributed by atoms with E-state index < -0.39 is 24.2 Å². The Morgan fingerprint density at radius 3 is 2.03 bits per heavy atom. The number of benzene rings is 2. The molecular weight excluding hydrogens is 990 g/mol. The van der Waals surface area contributed by atoms with Gasteiger partial charge in [-0.2, -0.15) is 13.2 Å². The maximum atomic E-state index is 12.9. The zero-order valence-corrected chi connectivity index (χ0v) is 43.2. The van der Waals surface area contributed by atoms with Crippen molar-refractivity contribution in [2.75, 3.05) is 38.0 Å². The summed E-state index contributed by atoms with van der Waals surface area (Å²) in [7, 11) is 0. The lowest BCUT2D eigenvalue weighted by Gasteiger charge is -2.32. The number of rotatable bonds is 26. The van der Waals surface area contributed by atoms with Crippen LogP contribution < -0.4 is 36.3 Å². The summed E-state index contributed by atoms with van der Waals surface area (Å²) in [6.07, 6.45) is 12.0. The first-order chi connectivity index (χ1) is 36.2. The van der Waals surface area contributed by atoms with Crippen molar-refractivity contribution in [2.45, 2.75) is 116 Å². The van der Waals surface area contributed by atoms with Gasteiger partial charge in [-0.15, -0.1) is 0 Å². The summed E-state index contributed by atoms with van der Waals surface area (Å²) in [5.41, 5.74) is 3.20. The summed E-state index contributed by atoms with van der Waals surface area (Å²) >= 11 is 0. The van der Waals surface area contributed by atoms with Crippen molar-refractivity contribution >= 4 is 65.0 Å². The number of carboxylic acids is 1. The fourth-order valence-electron chi connectivity index (χ4n) is 8.20. The van der Waals surface area contributed by atoms with E-state index in [1.165, 1.54) is 17.1 Å². The first kappa shape index (κ1) is 60.8. The Balaban J connectivity index is 0.00000166. The maximum Gasteiger partial charge on any atom is 0.430 e. The maximum absolute atomic E-state index is 12.9. The molecule has 0 aliphatic carbocycles. The topological polar surface area (TPSA) is 247 Å². The minimum atomic E-state index is -5.19. The standard InChI is InChI=1S/C53H68N8O8.C2HF3O2/c1-38(2)50(58-47(64)18-8-5-11-33-61-48(65)26-27-49(61)66)52(68)55-31-12-19-46(63)56-39(3)51(67)57-44-23-20-42(21-24-44)37-59-32-13-15-41(36-59)22-25-45(62)54-30-10-9-14-40-28-34-60(35-29-40)53(69)43-16-6-4-7-17-43;3-2(4,5)1(6)7/h4,6-7,13,15-17,20-27,32,36,38-40,50H,5,8-12,14,18-19,28-31,33-35,37H2,1-3H3,(H4-,54,55,56,57,58,62,63,64,67,68);(H,6,7)/b25-22+;/t39-,50-;/m0./s1. The highest BCUT2D eigenvalue weighted by atomic mass is 19.4. The number of aliphatic carboxylic acids is 1. The molecule has 2 aliphatic heterocycles. The Morgan fingerprint density at radius 1 is 0.750 bits per heavy atom. The Morgan fingerprint density at radius 2 is 1.38 bits per heavy atom. The summed E-state index contributed by atoms with van der Waals surface area (Å²) in [5.74, 6) is -4.59. The molecule has 0 bridgehead atoms. The summed E-state index contributed by atoms with van der Waals surface area (Å²) < 4.78 is 33.6.